The van der Waals surface area contributed by atoms with Gasteiger partial charge in [-0.3, -0.25) is 4.79 Å². The lowest BCUT2D eigenvalue weighted by Crippen LogP contribution is -2.32. The van der Waals surface area contributed by atoms with Crippen molar-refractivity contribution in [2.75, 3.05) is 6.61 Å². The van der Waals surface area contributed by atoms with Crippen LogP contribution in [-0.2, 0) is 19.1 Å². The first-order chi connectivity index (χ1) is 6.97. The lowest BCUT2D eigenvalue weighted by Gasteiger charge is -2.16. The molecule has 1 heterocycles. The van der Waals surface area contributed by atoms with E-state index in [4.69, 9.17) is 10.2 Å². The highest BCUT2D eigenvalue weighted by atomic mass is 16.6. The maximum atomic E-state index is 10.9. The molecule has 1 rings (SSSR count). The molecule has 2 unspecified atom stereocenters. The first-order valence-electron chi connectivity index (χ1n) is 4.08. The van der Waals surface area contributed by atoms with Crippen LogP contribution in [0.2, 0.25) is 0 Å². The van der Waals surface area contributed by atoms with Crippen molar-refractivity contribution in [3.05, 3.63) is 11.5 Å². The summed E-state index contributed by atoms with van der Waals surface area (Å²) in [5, 5.41) is 27.0. The summed E-state index contributed by atoms with van der Waals surface area (Å²) >= 11 is 0. The summed E-state index contributed by atoms with van der Waals surface area (Å²) in [6, 6.07) is 0. The topological polar surface area (TPSA) is 113 Å². The Kier molecular flexibility index (Phi) is 3.28. The molecular weight excluding hydrogens is 208 g/mol. The molecule has 0 saturated carbocycles. The van der Waals surface area contributed by atoms with Gasteiger partial charge in [0.1, 0.15) is 6.10 Å². The van der Waals surface area contributed by atoms with Crippen LogP contribution in [0.15, 0.2) is 11.5 Å². The van der Waals surface area contributed by atoms with Crippen molar-refractivity contribution in [1.29, 1.82) is 0 Å². The zero-order valence-electron chi connectivity index (χ0n) is 7.84. The summed E-state index contributed by atoms with van der Waals surface area (Å²) in [5.74, 6) is -3.23. The van der Waals surface area contributed by atoms with Crippen LogP contribution < -0.4 is 0 Å². The molecule has 7 nitrogen and oxygen atoms in total. The van der Waals surface area contributed by atoms with Crippen molar-refractivity contribution < 1.29 is 34.4 Å². The zero-order chi connectivity index (χ0) is 11.6. The standard InChI is InChI=1S/C8H10O7/c1-3(10)14-7-5(12)8(13)15-6(7)4(11)2-9/h4,6,9,11-12H,2H2,1H3. The first-order valence-corrected chi connectivity index (χ1v) is 4.08. The molecule has 0 saturated heterocycles. The number of carbonyl (C=O) groups excluding carboxylic acids is 2. The van der Waals surface area contributed by atoms with Crippen molar-refractivity contribution in [3.8, 4) is 0 Å². The van der Waals surface area contributed by atoms with E-state index < -0.39 is 42.3 Å². The van der Waals surface area contributed by atoms with E-state index >= 15 is 0 Å². The second-order valence-electron chi connectivity index (χ2n) is 2.88. The number of carbonyl (C=O) groups is 2. The molecule has 0 radical (unpaired) electrons. The molecule has 0 aromatic rings. The molecule has 0 amide bonds. The number of hydrogen-bond acceptors (Lipinski definition) is 7. The minimum atomic E-state index is -1.45. The summed E-state index contributed by atoms with van der Waals surface area (Å²) in [4.78, 5) is 21.5. The molecule has 15 heavy (non-hydrogen) atoms. The van der Waals surface area contributed by atoms with E-state index in [2.05, 4.69) is 9.47 Å². The maximum absolute atomic E-state index is 10.9. The van der Waals surface area contributed by atoms with Gasteiger partial charge in [-0.1, -0.05) is 0 Å². The molecule has 0 aliphatic carbocycles. The lowest BCUT2D eigenvalue weighted by atomic mass is 10.2. The van der Waals surface area contributed by atoms with Gasteiger partial charge in [0.15, 0.2) is 6.10 Å². The smallest absolute Gasteiger partial charge is 0.378 e. The van der Waals surface area contributed by atoms with Crippen molar-refractivity contribution in [1.82, 2.24) is 0 Å². The molecule has 0 fully saturated rings. The predicted molar refractivity (Wildman–Crippen MR) is 44.4 cm³/mol. The van der Waals surface area contributed by atoms with Gasteiger partial charge in [0.05, 0.1) is 6.61 Å². The number of rotatable bonds is 3. The Morgan fingerprint density at radius 2 is 2.27 bits per heavy atom. The minimum absolute atomic E-state index is 0.478. The predicted octanol–water partition coefficient (Wildman–Crippen LogP) is -1.40. The van der Waals surface area contributed by atoms with Gasteiger partial charge in [0.25, 0.3) is 0 Å². The number of aliphatic hydroxyl groups is 3. The van der Waals surface area contributed by atoms with E-state index in [1.807, 2.05) is 0 Å². The van der Waals surface area contributed by atoms with Gasteiger partial charge in [-0.25, -0.2) is 4.79 Å². The summed E-state index contributed by atoms with van der Waals surface area (Å²) in [7, 11) is 0. The van der Waals surface area contributed by atoms with Gasteiger partial charge in [-0.2, -0.15) is 0 Å². The van der Waals surface area contributed by atoms with Crippen LogP contribution in [0.4, 0.5) is 0 Å². The largest absolute Gasteiger partial charge is 0.499 e. The average molecular weight is 218 g/mol. The average Bonchev–Trinajstić information content (AvgIpc) is 2.44. The van der Waals surface area contributed by atoms with E-state index in [0.717, 1.165) is 6.92 Å². The van der Waals surface area contributed by atoms with E-state index in [-0.39, 0.29) is 0 Å². The van der Waals surface area contributed by atoms with Crippen molar-refractivity contribution in [3.63, 3.8) is 0 Å². The van der Waals surface area contributed by atoms with Gasteiger partial charge >= 0.3 is 11.9 Å². The monoisotopic (exact) mass is 218 g/mol. The van der Waals surface area contributed by atoms with Crippen LogP contribution in [0, 0.1) is 0 Å². The van der Waals surface area contributed by atoms with Crippen LogP contribution in [0.5, 0.6) is 0 Å². The maximum Gasteiger partial charge on any atom is 0.378 e. The Balaban J connectivity index is 2.92. The molecule has 1 aliphatic heterocycles. The molecule has 1 aliphatic rings. The molecule has 0 bridgehead atoms. The van der Waals surface area contributed by atoms with E-state index in [9.17, 15) is 14.7 Å². The Hall–Kier alpha value is -1.60. The molecular formula is C8H10O7. The Bertz CT molecular complexity index is 319. The summed E-state index contributed by atoms with van der Waals surface area (Å²) in [6.07, 6.45) is -2.81. The van der Waals surface area contributed by atoms with Gasteiger partial charge in [-0.15, -0.1) is 0 Å². The fourth-order valence-electron chi connectivity index (χ4n) is 1.07. The Labute approximate surface area is 84.5 Å². The number of ether oxygens (including phenoxy) is 2. The van der Waals surface area contributed by atoms with Crippen LogP contribution in [0.1, 0.15) is 6.92 Å². The Morgan fingerprint density at radius 1 is 1.67 bits per heavy atom. The third-order valence-corrected chi connectivity index (χ3v) is 1.71. The normalized spacial score (nSPS) is 22.6. The number of aliphatic hydroxyl groups excluding tert-OH is 3. The molecule has 0 aromatic heterocycles. The first kappa shape index (κ1) is 11.5. The fraction of sp³-hybridized carbons (Fsp3) is 0.500. The lowest BCUT2D eigenvalue weighted by molar-refractivity contribution is -0.150. The van der Waals surface area contributed by atoms with Crippen LogP contribution >= 0.6 is 0 Å². The fourth-order valence-corrected chi connectivity index (χ4v) is 1.07. The molecule has 2 atom stereocenters. The highest BCUT2D eigenvalue weighted by Gasteiger charge is 2.41. The second-order valence-corrected chi connectivity index (χ2v) is 2.88. The highest BCUT2D eigenvalue weighted by Crippen LogP contribution is 2.24. The van der Waals surface area contributed by atoms with E-state index in [1.165, 1.54) is 0 Å². The SMILES string of the molecule is CC(=O)OC1=C(O)C(=O)OC1C(O)CO. The Morgan fingerprint density at radius 3 is 2.73 bits per heavy atom. The molecule has 0 spiro atoms. The number of esters is 2. The number of cyclic esters (lactones) is 1. The van der Waals surface area contributed by atoms with Crippen molar-refractivity contribution in [2.45, 2.75) is 19.1 Å². The van der Waals surface area contributed by atoms with Gasteiger partial charge in [0.2, 0.25) is 11.5 Å². The summed E-state index contributed by atoms with van der Waals surface area (Å²) < 4.78 is 8.99. The molecule has 0 aromatic carbocycles. The zero-order valence-corrected chi connectivity index (χ0v) is 7.84. The summed E-state index contributed by atoms with van der Waals surface area (Å²) in [5.41, 5.74) is 0. The summed E-state index contributed by atoms with van der Waals surface area (Å²) in [6.45, 7) is 0.363. The van der Waals surface area contributed by atoms with Crippen LogP contribution in [0.25, 0.3) is 0 Å². The van der Waals surface area contributed by atoms with Gasteiger partial charge in [-0.05, 0) is 0 Å². The minimum Gasteiger partial charge on any atom is -0.499 e. The van der Waals surface area contributed by atoms with E-state index in [0.29, 0.717) is 0 Å². The van der Waals surface area contributed by atoms with Crippen molar-refractivity contribution >= 4 is 11.9 Å². The third-order valence-electron chi connectivity index (χ3n) is 1.71. The second kappa shape index (κ2) is 4.28. The third kappa shape index (κ3) is 2.25. The van der Waals surface area contributed by atoms with Crippen molar-refractivity contribution in [2.24, 2.45) is 0 Å². The van der Waals surface area contributed by atoms with Crippen LogP contribution in [0.3, 0.4) is 0 Å². The highest BCUT2D eigenvalue weighted by molar-refractivity contribution is 5.89. The van der Waals surface area contributed by atoms with Crippen LogP contribution in [-0.4, -0.2) is 46.1 Å². The van der Waals surface area contributed by atoms with Gasteiger partial charge in [0, 0.05) is 6.92 Å². The number of hydrogen-bond donors (Lipinski definition) is 3. The molecule has 3 N–H and O–H groups in total. The quantitative estimate of drug-likeness (QED) is 0.499. The van der Waals surface area contributed by atoms with E-state index in [1.54, 1.807) is 0 Å². The molecule has 84 valence electrons. The molecule has 7 heteroatoms. The van der Waals surface area contributed by atoms with Gasteiger partial charge < -0.3 is 24.8 Å².